The minimum atomic E-state index is -0.962. The molecule has 0 spiro atoms. The number of benzene rings is 2. The molecule has 150 valence electrons. The second kappa shape index (κ2) is 7.02. The predicted octanol–water partition coefficient (Wildman–Crippen LogP) is 5.76. The van der Waals surface area contributed by atoms with Crippen LogP contribution in [-0.4, -0.2) is 11.1 Å². The third kappa shape index (κ3) is 3.42. The smallest absolute Gasteiger partial charge is 0.328 e. The van der Waals surface area contributed by atoms with Gasteiger partial charge in [-0.15, -0.1) is 5.75 Å². The van der Waals surface area contributed by atoms with Crippen molar-refractivity contribution in [1.29, 1.82) is 0 Å². The summed E-state index contributed by atoms with van der Waals surface area (Å²) in [4.78, 5) is 10.8. The summed E-state index contributed by atoms with van der Waals surface area (Å²) in [6, 6.07) is 11.6. The third-order valence-electron chi connectivity index (χ3n) is 7.31. The highest BCUT2D eigenvalue weighted by molar-refractivity contribution is 9.10. The molecule has 6 rings (SSSR count). The fourth-order valence-corrected chi connectivity index (χ4v) is 7.21. The highest BCUT2D eigenvalue weighted by Crippen LogP contribution is 2.61. The number of hydrogen-bond acceptors (Lipinski definition) is 2. The van der Waals surface area contributed by atoms with Gasteiger partial charge in [-0.25, -0.2) is 4.79 Å². The van der Waals surface area contributed by atoms with Crippen LogP contribution in [0.3, 0.4) is 0 Å². The van der Waals surface area contributed by atoms with Crippen LogP contribution in [-0.2, 0) is 10.2 Å². The Labute approximate surface area is 179 Å². The molecule has 0 aromatic heterocycles. The Morgan fingerprint density at radius 1 is 1.03 bits per heavy atom. The van der Waals surface area contributed by atoms with E-state index < -0.39 is 5.97 Å². The van der Waals surface area contributed by atoms with Gasteiger partial charge in [0.2, 0.25) is 0 Å². The lowest BCUT2D eigenvalue weighted by molar-refractivity contribution is -0.271. The second-order valence-electron chi connectivity index (χ2n) is 9.32. The van der Waals surface area contributed by atoms with E-state index in [1.165, 1.54) is 38.5 Å². The van der Waals surface area contributed by atoms with Crippen LogP contribution in [0, 0.1) is 17.8 Å². The number of carbonyl (C=O) groups is 1. The van der Waals surface area contributed by atoms with Crippen molar-refractivity contribution >= 4 is 28.0 Å². The van der Waals surface area contributed by atoms with E-state index >= 15 is 0 Å². The van der Waals surface area contributed by atoms with Crippen molar-refractivity contribution in [2.75, 3.05) is 0 Å². The van der Waals surface area contributed by atoms with Gasteiger partial charge in [0.15, 0.2) is 0 Å². The van der Waals surface area contributed by atoms with Gasteiger partial charge in [-0.1, -0.05) is 46.3 Å². The maximum absolute atomic E-state index is 12.9. The van der Waals surface area contributed by atoms with Gasteiger partial charge in [0.05, 0.1) is 0 Å². The van der Waals surface area contributed by atoms with Crippen molar-refractivity contribution in [1.82, 2.24) is 0 Å². The zero-order chi connectivity index (χ0) is 20.2. The van der Waals surface area contributed by atoms with Gasteiger partial charge in [0, 0.05) is 10.5 Å². The van der Waals surface area contributed by atoms with Crippen LogP contribution in [0.2, 0.25) is 0 Å². The van der Waals surface area contributed by atoms with E-state index in [0.717, 1.165) is 50.6 Å². The average Bonchev–Trinajstić information content (AvgIpc) is 2.66. The molecule has 0 radical (unpaired) electrons. The summed E-state index contributed by atoms with van der Waals surface area (Å²) in [5, 5.41) is 21.8. The fraction of sp³-hybridized carbons (Fsp3) is 0.400. The molecule has 29 heavy (non-hydrogen) atoms. The number of rotatable bonds is 4. The summed E-state index contributed by atoms with van der Waals surface area (Å²) in [6.45, 7) is 0. The molecule has 0 atom stereocenters. The van der Waals surface area contributed by atoms with E-state index in [-0.39, 0.29) is 11.2 Å². The first-order chi connectivity index (χ1) is 13.9. The highest BCUT2D eigenvalue weighted by Gasteiger charge is 2.51. The van der Waals surface area contributed by atoms with E-state index in [4.69, 9.17) is 5.11 Å². The van der Waals surface area contributed by atoms with Crippen molar-refractivity contribution in [3.63, 3.8) is 0 Å². The van der Waals surface area contributed by atoms with Gasteiger partial charge >= 0.3 is 5.97 Å². The zero-order valence-electron chi connectivity index (χ0n) is 16.2. The van der Waals surface area contributed by atoms with E-state index in [1.807, 2.05) is 24.3 Å². The number of carboxylic acid groups (broad SMARTS) is 1. The SMILES string of the molecule is O=C(O)/C=C/c1ccc(-c2ccc([O-])c(C34CC5CC(CC(C5)C3)C4)c2)c(Br)c1. The molecule has 0 unspecified atom stereocenters. The Balaban J connectivity index is 1.51. The van der Waals surface area contributed by atoms with E-state index in [9.17, 15) is 9.90 Å². The van der Waals surface area contributed by atoms with Crippen LogP contribution in [0.5, 0.6) is 5.75 Å². The molecule has 4 aliphatic carbocycles. The number of aliphatic carboxylic acids is 1. The quantitative estimate of drug-likeness (QED) is 0.601. The van der Waals surface area contributed by atoms with Gasteiger partial charge in [-0.05, 0) is 96.1 Å². The molecule has 4 fully saturated rings. The Bertz CT molecular complexity index is 972. The van der Waals surface area contributed by atoms with Crippen LogP contribution in [0.1, 0.15) is 49.7 Å². The number of hydrogen-bond donors (Lipinski definition) is 1. The molecule has 0 amide bonds. The Morgan fingerprint density at radius 3 is 2.28 bits per heavy atom. The van der Waals surface area contributed by atoms with Gasteiger partial charge < -0.3 is 10.2 Å². The first kappa shape index (κ1) is 18.9. The fourth-order valence-electron chi connectivity index (χ4n) is 6.59. The molecule has 0 aliphatic heterocycles. The molecule has 4 aliphatic rings. The maximum Gasteiger partial charge on any atom is 0.328 e. The second-order valence-corrected chi connectivity index (χ2v) is 10.2. The average molecular weight is 452 g/mol. The molecule has 4 bridgehead atoms. The minimum absolute atomic E-state index is 0.0818. The van der Waals surface area contributed by atoms with Crippen LogP contribution in [0.4, 0.5) is 0 Å². The number of halogens is 1. The normalized spacial score (nSPS) is 30.2. The van der Waals surface area contributed by atoms with Crippen molar-refractivity contribution in [2.45, 2.75) is 43.9 Å². The molecule has 3 nitrogen and oxygen atoms in total. The van der Waals surface area contributed by atoms with Crippen LogP contribution >= 0.6 is 15.9 Å². The first-order valence-corrected chi connectivity index (χ1v) is 11.2. The Hall–Kier alpha value is -2.07. The largest absolute Gasteiger partial charge is 0.872 e. The first-order valence-electron chi connectivity index (χ1n) is 10.4. The molecular weight excluding hydrogens is 428 g/mol. The van der Waals surface area contributed by atoms with E-state index in [2.05, 4.69) is 22.0 Å². The topological polar surface area (TPSA) is 60.4 Å². The molecule has 0 saturated heterocycles. The van der Waals surface area contributed by atoms with Crippen LogP contribution in [0.25, 0.3) is 17.2 Å². The molecule has 1 N–H and O–H groups in total. The van der Waals surface area contributed by atoms with Crippen molar-refractivity contribution < 1.29 is 15.0 Å². The van der Waals surface area contributed by atoms with Gasteiger partial charge in [-0.2, -0.15) is 0 Å². The van der Waals surface area contributed by atoms with Crippen molar-refractivity contribution in [3.8, 4) is 16.9 Å². The zero-order valence-corrected chi connectivity index (χ0v) is 17.8. The lowest BCUT2D eigenvalue weighted by atomic mass is 9.48. The summed E-state index contributed by atoms with van der Waals surface area (Å²) >= 11 is 3.64. The van der Waals surface area contributed by atoms with E-state index in [1.54, 1.807) is 12.1 Å². The predicted molar refractivity (Wildman–Crippen MR) is 116 cm³/mol. The maximum atomic E-state index is 12.9. The molecule has 4 heteroatoms. The summed E-state index contributed by atoms with van der Waals surface area (Å²) in [7, 11) is 0. The molecule has 0 heterocycles. The summed E-state index contributed by atoms with van der Waals surface area (Å²) in [5.74, 6) is 1.63. The number of carboxylic acids is 1. The summed E-state index contributed by atoms with van der Waals surface area (Å²) in [6.07, 6.45) is 10.3. The highest BCUT2D eigenvalue weighted by atomic mass is 79.9. The summed E-state index contributed by atoms with van der Waals surface area (Å²) in [5.41, 5.74) is 4.01. The molecule has 4 saturated carbocycles. The van der Waals surface area contributed by atoms with E-state index in [0.29, 0.717) is 0 Å². The van der Waals surface area contributed by atoms with Crippen molar-refractivity contribution in [2.24, 2.45) is 17.8 Å². The lowest BCUT2D eigenvalue weighted by Crippen LogP contribution is -2.48. The molecule has 2 aromatic carbocycles. The van der Waals surface area contributed by atoms with Gasteiger partial charge in [0.1, 0.15) is 0 Å². The molecular formula is C25H24BrO3-. The standard InChI is InChI=1S/C25H25BrO3/c26-22-10-15(2-6-24(28)29)1-4-20(22)19-3-5-23(27)21(11-19)25-12-16-7-17(13-25)9-18(8-16)14-25/h1-6,10-11,16-18,27H,7-9,12-14H2,(H,28,29)/p-1/b6-2+. The Kier molecular flexibility index (Phi) is 4.58. The Morgan fingerprint density at radius 2 is 1.69 bits per heavy atom. The van der Waals surface area contributed by atoms with Gasteiger partial charge in [0.25, 0.3) is 0 Å². The van der Waals surface area contributed by atoms with Crippen molar-refractivity contribution in [3.05, 3.63) is 58.1 Å². The monoisotopic (exact) mass is 451 g/mol. The van der Waals surface area contributed by atoms with Gasteiger partial charge in [-0.3, -0.25) is 0 Å². The lowest BCUT2D eigenvalue weighted by Gasteiger charge is -2.58. The third-order valence-corrected chi connectivity index (χ3v) is 7.97. The molecule has 2 aromatic rings. The minimum Gasteiger partial charge on any atom is -0.872 e. The van der Waals surface area contributed by atoms with Crippen LogP contribution in [0.15, 0.2) is 46.9 Å². The van der Waals surface area contributed by atoms with Crippen LogP contribution < -0.4 is 5.11 Å². The summed E-state index contributed by atoms with van der Waals surface area (Å²) < 4.78 is 0.903.